The predicted octanol–water partition coefficient (Wildman–Crippen LogP) is 4.29. The topological polar surface area (TPSA) is 93.1 Å². The largest absolute Gasteiger partial charge is 0.333 e. The fourth-order valence-corrected chi connectivity index (χ4v) is 5.70. The molecule has 0 radical (unpaired) electrons. The van der Waals surface area contributed by atoms with Gasteiger partial charge in [-0.25, -0.2) is 9.78 Å². The Morgan fingerprint density at radius 2 is 1.87 bits per heavy atom. The van der Waals surface area contributed by atoms with Gasteiger partial charge in [-0.15, -0.1) is 11.3 Å². The zero-order valence-electron chi connectivity index (χ0n) is 18.4. The third-order valence-electron chi connectivity index (χ3n) is 5.27. The number of thioether (sulfide) groups is 1. The summed E-state index contributed by atoms with van der Waals surface area (Å²) in [4.78, 5) is 44.6. The van der Waals surface area contributed by atoms with Crippen LogP contribution in [0.4, 0.5) is 4.79 Å². The van der Waals surface area contributed by atoms with E-state index in [9.17, 15) is 14.4 Å². The summed E-state index contributed by atoms with van der Waals surface area (Å²) >= 11 is 2.74. The summed E-state index contributed by atoms with van der Waals surface area (Å²) in [5.41, 5.74) is 0.528. The number of nitrogens with one attached hydrogen (secondary N) is 2. The molecule has 0 bridgehead atoms. The minimum absolute atomic E-state index is 0.0191. The lowest BCUT2D eigenvalue weighted by atomic mass is 10.1. The molecule has 0 aliphatic heterocycles. The SMILES string of the molecule is Cc1sc2nc(SC(C)C(=O)NC(=O)NC(C)(C)C)n(C3CCCC3)c(=O)c2c1C. The quantitative estimate of drug-likeness (QED) is 0.535. The van der Waals surface area contributed by atoms with Crippen LogP contribution >= 0.6 is 23.1 Å². The number of imide groups is 1. The molecule has 2 aromatic rings. The summed E-state index contributed by atoms with van der Waals surface area (Å²) < 4.78 is 1.79. The molecule has 2 heterocycles. The Morgan fingerprint density at radius 1 is 1.23 bits per heavy atom. The maximum Gasteiger partial charge on any atom is 0.321 e. The number of thiophene rings is 1. The van der Waals surface area contributed by atoms with Crippen molar-refractivity contribution in [1.29, 1.82) is 0 Å². The van der Waals surface area contributed by atoms with E-state index in [0.29, 0.717) is 15.4 Å². The average Bonchev–Trinajstić information content (AvgIpc) is 3.22. The Hall–Kier alpha value is -1.87. The summed E-state index contributed by atoms with van der Waals surface area (Å²) in [6.45, 7) is 11.2. The van der Waals surface area contributed by atoms with Gasteiger partial charge in [-0.3, -0.25) is 19.5 Å². The van der Waals surface area contributed by atoms with Gasteiger partial charge in [-0.05, 0) is 59.9 Å². The van der Waals surface area contributed by atoms with Crippen molar-refractivity contribution >= 4 is 45.3 Å². The first-order valence-electron chi connectivity index (χ1n) is 10.3. The fraction of sp³-hybridized carbons (Fsp3) is 0.619. The van der Waals surface area contributed by atoms with E-state index < -0.39 is 22.7 Å². The highest BCUT2D eigenvalue weighted by molar-refractivity contribution is 8.00. The van der Waals surface area contributed by atoms with Crippen molar-refractivity contribution in [1.82, 2.24) is 20.2 Å². The highest BCUT2D eigenvalue weighted by atomic mass is 32.2. The molecule has 0 saturated heterocycles. The molecule has 164 valence electrons. The van der Waals surface area contributed by atoms with Gasteiger partial charge in [0.05, 0.1) is 10.6 Å². The van der Waals surface area contributed by atoms with E-state index in [-0.39, 0.29) is 11.6 Å². The molecule has 3 rings (SSSR count). The summed E-state index contributed by atoms with van der Waals surface area (Å²) in [7, 11) is 0. The molecule has 1 unspecified atom stereocenters. The van der Waals surface area contributed by atoms with Crippen LogP contribution in [0.15, 0.2) is 9.95 Å². The minimum Gasteiger partial charge on any atom is -0.333 e. The highest BCUT2D eigenvalue weighted by Gasteiger charge is 2.28. The Morgan fingerprint density at radius 3 is 2.47 bits per heavy atom. The summed E-state index contributed by atoms with van der Waals surface area (Å²) in [5, 5.41) is 5.78. The molecule has 1 saturated carbocycles. The van der Waals surface area contributed by atoms with Gasteiger partial charge in [0.15, 0.2) is 5.16 Å². The first kappa shape index (κ1) is 22.8. The summed E-state index contributed by atoms with van der Waals surface area (Å²) in [6, 6.07) is -0.419. The van der Waals surface area contributed by atoms with Gasteiger partial charge < -0.3 is 5.32 Å². The van der Waals surface area contributed by atoms with Crippen molar-refractivity contribution in [2.45, 2.75) is 89.2 Å². The van der Waals surface area contributed by atoms with Crippen molar-refractivity contribution in [3.8, 4) is 0 Å². The van der Waals surface area contributed by atoms with E-state index in [2.05, 4.69) is 10.6 Å². The number of fused-ring (bicyclic) bond motifs is 1. The van der Waals surface area contributed by atoms with E-state index >= 15 is 0 Å². The first-order chi connectivity index (χ1) is 14.0. The Bertz CT molecular complexity index is 1030. The number of carbonyl (C=O) groups excluding carboxylic acids is 2. The predicted molar refractivity (Wildman–Crippen MR) is 123 cm³/mol. The molecule has 0 spiro atoms. The van der Waals surface area contributed by atoms with E-state index in [0.717, 1.165) is 36.1 Å². The first-order valence-corrected chi connectivity index (χ1v) is 12.0. The van der Waals surface area contributed by atoms with Crippen LogP contribution in [-0.2, 0) is 4.79 Å². The number of hydrogen-bond acceptors (Lipinski definition) is 6. The number of carbonyl (C=O) groups is 2. The number of aryl methyl sites for hydroxylation is 2. The molecule has 0 aromatic carbocycles. The van der Waals surface area contributed by atoms with Gasteiger partial charge in [0, 0.05) is 16.5 Å². The molecule has 1 aliphatic rings. The monoisotopic (exact) mass is 450 g/mol. The van der Waals surface area contributed by atoms with Crippen LogP contribution in [0.25, 0.3) is 10.2 Å². The van der Waals surface area contributed by atoms with Gasteiger partial charge in [-0.1, -0.05) is 24.6 Å². The summed E-state index contributed by atoms with van der Waals surface area (Å²) in [6.07, 6.45) is 4.06. The second-order valence-electron chi connectivity index (χ2n) is 8.92. The van der Waals surface area contributed by atoms with Crippen LogP contribution in [0.5, 0.6) is 0 Å². The number of nitrogens with zero attached hydrogens (tertiary/aromatic N) is 2. The van der Waals surface area contributed by atoms with Crippen molar-refractivity contribution in [3.05, 3.63) is 20.8 Å². The minimum atomic E-state index is -0.574. The van der Waals surface area contributed by atoms with Crippen LogP contribution in [0.3, 0.4) is 0 Å². The maximum absolute atomic E-state index is 13.4. The average molecular weight is 451 g/mol. The normalized spacial score (nSPS) is 16.1. The van der Waals surface area contributed by atoms with E-state index in [1.807, 2.05) is 34.6 Å². The molecule has 9 heteroatoms. The van der Waals surface area contributed by atoms with Gasteiger partial charge >= 0.3 is 6.03 Å². The number of urea groups is 1. The van der Waals surface area contributed by atoms with Gasteiger partial charge in [0.25, 0.3) is 5.56 Å². The molecule has 2 aromatic heterocycles. The number of hydrogen-bond donors (Lipinski definition) is 2. The molecule has 1 aliphatic carbocycles. The summed E-state index contributed by atoms with van der Waals surface area (Å²) in [5.74, 6) is -0.410. The van der Waals surface area contributed by atoms with Crippen LogP contribution in [0.2, 0.25) is 0 Å². The molecular weight excluding hydrogens is 420 g/mol. The van der Waals surface area contributed by atoms with Crippen molar-refractivity contribution in [3.63, 3.8) is 0 Å². The van der Waals surface area contributed by atoms with E-state index in [4.69, 9.17) is 4.98 Å². The van der Waals surface area contributed by atoms with E-state index in [1.54, 1.807) is 11.5 Å². The molecule has 3 amide bonds. The molecule has 1 fully saturated rings. The van der Waals surface area contributed by atoms with Crippen LogP contribution in [0, 0.1) is 13.8 Å². The number of aromatic nitrogens is 2. The third kappa shape index (κ3) is 4.88. The highest BCUT2D eigenvalue weighted by Crippen LogP contribution is 2.35. The third-order valence-corrected chi connectivity index (χ3v) is 7.44. The lowest BCUT2D eigenvalue weighted by molar-refractivity contribution is -0.119. The number of rotatable bonds is 4. The lowest BCUT2D eigenvalue weighted by Gasteiger charge is -2.22. The molecule has 1 atom stereocenters. The second-order valence-corrected chi connectivity index (χ2v) is 11.4. The fourth-order valence-electron chi connectivity index (χ4n) is 3.65. The Balaban J connectivity index is 1.91. The number of amides is 3. The van der Waals surface area contributed by atoms with E-state index in [1.165, 1.54) is 23.1 Å². The smallest absolute Gasteiger partial charge is 0.321 e. The van der Waals surface area contributed by atoms with Crippen molar-refractivity contribution < 1.29 is 9.59 Å². The van der Waals surface area contributed by atoms with Crippen LogP contribution in [0.1, 0.15) is 69.9 Å². The standard InChI is InChI=1S/C21H30N4O3S2/c1-11-12(2)29-17-15(11)18(27)25(14-9-7-8-10-14)20(23-17)30-13(3)16(26)22-19(28)24-21(4,5)6/h13-14H,7-10H2,1-6H3,(H2,22,24,26,28). The van der Waals surface area contributed by atoms with Crippen molar-refractivity contribution in [2.75, 3.05) is 0 Å². The zero-order valence-corrected chi connectivity index (χ0v) is 20.1. The van der Waals surface area contributed by atoms with Gasteiger partial charge in [-0.2, -0.15) is 0 Å². The van der Waals surface area contributed by atoms with Gasteiger partial charge in [0.2, 0.25) is 5.91 Å². The van der Waals surface area contributed by atoms with Crippen molar-refractivity contribution in [2.24, 2.45) is 0 Å². The van der Waals surface area contributed by atoms with Crippen LogP contribution in [-0.4, -0.2) is 32.3 Å². The lowest BCUT2D eigenvalue weighted by Crippen LogP contribution is -2.49. The molecular formula is C21H30N4O3S2. The molecule has 30 heavy (non-hydrogen) atoms. The second kappa shape index (κ2) is 8.70. The zero-order chi connectivity index (χ0) is 22.2. The van der Waals surface area contributed by atoms with Crippen LogP contribution < -0.4 is 16.2 Å². The molecule has 2 N–H and O–H groups in total. The molecule has 7 nitrogen and oxygen atoms in total. The Labute approximate surface area is 185 Å². The Kier molecular flexibility index (Phi) is 6.62. The maximum atomic E-state index is 13.4. The van der Waals surface area contributed by atoms with Gasteiger partial charge in [0.1, 0.15) is 4.83 Å².